The van der Waals surface area contributed by atoms with Gasteiger partial charge in [-0.2, -0.15) is 11.3 Å². The molecule has 0 aliphatic carbocycles. The van der Waals surface area contributed by atoms with Crippen LogP contribution in [0.25, 0.3) is 0 Å². The number of nitro groups is 1. The lowest BCUT2D eigenvalue weighted by atomic mass is 10.3. The van der Waals surface area contributed by atoms with Crippen molar-refractivity contribution in [3.8, 4) is 0 Å². The molecule has 0 saturated carbocycles. The van der Waals surface area contributed by atoms with Crippen LogP contribution in [0.15, 0.2) is 39.9 Å². The number of carbonyl (C=O) groups is 1. The molecule has 1 aromatic carbocycles. The summed E-state index contributed by atoms with van der Waals surface area (Å²) in [6.45, 7) is 0. The van der Waals surface area contributed by atoms with E-state index in [0.717, 1.165) is 0 Å². The molecule has 1 heterocycles. The van der Waals surface area contributed by atoms with Crippen LogP contribution in [0.2, 0.25) is 0 Å². The molecule has 0 saturated heterocycles. The number of amides is 1. The Labute approximate surface area is 122 Å². The van der Waals surface area contributed by atoms with E-state index in [2.05, 4.69) is 0 Å². The van der Waals surface area contributed by atoms with E-state index in [-0.39, 0.29) is 5.56 Å². The maximum Gasteiger partial charge on any atom is 0.273 e. The van der Waals surface area contributed by atoms with Crippen LogP contribution >= 0.6 is 11.3 Å². The molecule has 0 aliphatic rings. The number of nitrogens with zero attached hydrogens (tertiary/aromatic N) is 1. The molecule has 21 heavy (non-hydrogen) atoms. The summed E-state index contributed by atoms with van der Waals surface area (Å²) in [4.78, 5) is 20.7. The summed E-state index contributed by atoms with van der Waals surface area (Å²) in [7, 11) is -4.40. The average Bonchev–Trinajstić information content (AvgIpc) is 2.91. The number of non-ortho nitro benzene ring substituents is 1. The summed E-state index contributed by atoms with van der Waals surface area (Å²) in [6, 6.07) is 3.26. The Balaban J connectivity index is 2.36. The molecule has 0 unspecified atom stereocenters. The number of nitro benzene ring substituents is 1. The lowest BCUT2D eigenvalue weighted by Crippen LogP contribution is -2.30. The molecule has 1 aromatic heterocycles. The highest BCUT2D eigenvalue weighted by molar-refractivity contribution is 7.90. The third-order valence-electron chi connectivity index (χ3n) is 2.39. The molecule has 1 N–H and O–H groups in total. The monoisotopic (exact) mass is 330 g/mol. The number of rotatable bonds is 4. The number of sulfonamides is 1. The Morgan fingerprint density at radius 1 is 1.33 bits per heavy atom. The molecule has 10 heteroatoms. The molecule has 0 atom stereocenters. The molecule has 2 aromatic rings. The fourth-order valence-corrected chi connectivity index (χ4v) is 3.10. The Morgan fingerprint density at radius 3 is 2.62 bits per heavy atom. The number of hydrogen-bond acceptors (Lipinski definition) is 6. The summed E-state index contributed by atoms with van der Waals surface area (Å²) in [5, 5.41) is 13.6. The highest BCUT2D eigenvalue weighted by Crippen LogP contribution is 2.20. The second-order valence-electron chi connectivity index (χ2n) is 3.85. The molecule has 0 bridgehead atoms. The number of carbonyl (C=O) groups excluding carboxylic acids is 1. The molecule has 0 spiro atoms. The third kappa shape index (κ3) is 3.41. The number of thiophene rings is 1. The minimum atomic E-state index is -4.40. The molecule has 0 fully saturated rings. The van der Waals surface area contributed by atoms with Gasteiger partial charge in [-0.1, -0.05) is 0 Å². The molecule has 0 aliphatic heterocycles. The minimum absolute atomic E-state index is 0.120. The Kier molecular flexibility index (Phi) is 4.00. The van der Waals surface area contributed by atoms with Crippen LogP contribution in [-0.2, 0) is 10.0 Å². The molecule has 110 valence electrons. The van der Waals surface area contributed by atoms with Gasteiger partial charge in [0.2, 0.25) is 0 Å². The lowest BCUT2D eigenvalue weighted by molar-refractivity contribution is -0.385. The van der Waals surface area contributed by atoms with Crippen LogP contribution < -0.4 is 4.72 Å². The second-order valence-corrected chi connectivity index (χ2v) is 6.31. The largest absolute Gasteiger partial charge is 0.273 e. The van der Waals surface area contributed by atoms with Gasteiger partial charge in [-0.3, -0.25) is 14.9 Å². The second kappa shape index (κ2) is 5.58. The minimum Gasteiger partial charge on any atom is -0.268 e. The van der Waals surface area contributed by atoms with Crippen molar-refractivity contribution in [1.29, 1.82) is 0 Å². The van der Waals surface area contributed by atoms with Gasteiger partial charge in [0, 0.05) is 11.4 Å². The predicted octanol–water partition coefficient (Wildman–Crippen LogP) is 1.91. The van der Waals surface area contributed by atoms with Crippen molar-refractivity contribution in [3.05, 3.63) is 56.5 Å². The van der Waals surface area contributed by atoms with Crippen LogP contribution in [0, 0.1) is 15.9 Å². The van der Waals surface area contributed by atoms with Crippen LogP contribution in [-0.4, -0.2) is 19.2 Å². The lowest BCUT2D eigenvalue weighted by Gasteiger charge is -2.06. The van der Waals surface area contributed by atoms with E-state index in [1.165, 1.54) is 22.8 Å². The SMILES string of the molecule is O=C(NS(=O)(=O)c1cc(F)cc([N+](=O)[O-])c1)c1ccsc1. The first kappa shape index (κ1) is 15.1. The molecular formula is C11H7FN2O5S2. The molecule has 7 nitrogen and oxygen atoms in total. The summed E-state index contributed by atoms with van der Waals surface area (Å²) in [5.74, 6) is -1.99. The van der Waals surface area contributed by atoms with E-state index in [4.69, 9.17) is 0 Å². The van der Waals surface area contributed by atoms with Gasteiger partial charge < -0.3 is 0 Å². The zero-order chi connectivity index (χ0) is 15.6. The zero-order valence-corrected chi connectivity index (χ0v) is 11.8. The van der Waals surface area contributed by atoms with Crippen molar-refractivity contribution in [2.24, 2.45) is 0 Å². The third-order valence-corrected chi connectivity index (χ3v) is 4.38. The van der Waals surface area contributed by atoms with Crippen molar-refractivity contribution in [1.82, 2.24) is 4.72 Å². The molecule has 2 rings (SSSR count). The highest BCUT2D eigenvalue weighted by Gasteiger charge is 2.22. The van der Waals surface area contributed by atoms with E-state index in [0.29, 0.717) is 18.2 Å². The standard InChI is InChI=1S/C11H7FN2O5S2/c12-8-3-9(14(16)17)5-10(4-8)21(18,19)13-11(15)7-1-2-20-6-7/h1-6H,(H,13,15). The van der Waals surface area contributed by atoms with Gasteiger partial charge in [0.25, 0.3) is 21.6 Å². The van der Waals surface area contributed by atoms with Crippen molar-refractivity contribution in [2.45, 2.75) is 4.90 Å². The van der Waals surface area contributed by atoms with Gasteiger partial charge in [0.05, 0.1) is 21.4 Å². The fourth-order valence-electron chi connectivity index (χ4n) is 1.44. The van der Waals surface area contributed by atoms with Crippen LogP contribution in [0.1, 0.15) is 10.4 Å². The summed E-state index contributed by atoms with van der Waals surface area (Å²) < 4.78 is 38.9. The Morgan fingerprint density at radius 2 is 2.05 bits per heavy atom. The maximum atomic E-state index is 13.2. The van der Waals surface area contributed by atoms with Gasteiger partial charge >= 0.3 is 0 Å². The van der Waals surface area contributed by atoms with Gasteiger partial charge in [-0.25, -0.2) is 17.5 Å². The van der Waals surface area contributed by atoms with Crippen LogP contribution in [0.4, 0.5) is 10.1 Å². The first-order chi connectivity index (χ1) is 9.79. The van der Waals surface area contributed by atoms with E-state index >= 15 is 0 Å². The summed E-state index contributed by atoms with van der Waals surface area (Å²) in [5.41, 5.74) is -0.604. The first-order valence-corrected chi connectivity index (χ1v) is 7.76. The molecule has 1 amide bonds. The average molecular weight is 330 g/mol. The van der Waals surface area contributed by atoms with E-state index in [1.807, 2.05) is 0 Å². The number of benzene rings is 1. The quantitative estimate of drug-likeness (QED) is 0.681. The molecule has 0 radical (unpaired) electrons. The van der Waals surface area contributed by atoms with Gasteiger partial charge in [0.1, 0.15) is 5.82 Å². The van der Waals surface area contributed by atoms with E-state index in [1.54, 1.807) is 10.1 Å². The van der Waals surface area contributed by atoms with E-state index in [9.17, 15) is 27.7 Å². The van der Waals surface area contributed by atoms with Crippen molar-refractivity contribution in [3.63, 3.8) is 0 Å². The van der Waals surface area contributed by atoms with Crippen molar-refractivity contribution >= 4 is 33.0 Å². The fraction of sp³-hybridized carbons (Fsp3) is 0. The predicted molar refractivity (Wildman–Crippen MR) is 72.0 cm³/mol. The van der Waals surface area contributed by atoms with Gasteiger partial charge in [0.15, 0.2) is 0 Å². The highest BCUT2D eigenvalue weighted by atomic mass is 32.2. The van der Waals surface area contributed by atoms with Crippen molar-refractivity contribution < 1.29 is 22.5 Å². The summed E-state index contributed by atoms with van der Waals surface area (Å²) in [6.07, 6.45) is 0. The number of nitrogens with one attached hydrogen (secondary N) is 1. The van der Waals surface area contributed by atoms with Crippen LogP contribution in [0.5, 0.6) is 0 Å². The van der Waals surface area contributed by atoms with Crippen molar-refractivity contribution in [2.75, 3.05) is 0 Å². The number of halogens is 1. The summed E-state index contributed by atoms with van der Waals surface area (Å²) >= 11 is 1.19. The smallest absolute Gasteiger partial charge is 0.268 e. The van der Waals surface area contributed by atoms with Gasteiger partial charge in [-0.05, 0) is 17.5 Å². The van der Waals surface area contributed by atoms with E-state index < -0.39 is 37.3 Å². The maximum absolute atomic E-state index is 13.2. The normalized spacial score (nSPS) is 11.1. The van der Waals surface area contributed by atoms with Gasteiger partial charge in [-0.15, -0.1) is 0 Å². The van der Waals surface area contributed by atoms with Crippen LogP contribution in [0.3, 0.4) is 0 Å². The Hall–Kier alpha value is -2.33. The molecular weight excluding hydrogens is 323 g/mol. The Bertz CT molecular complexity index is 802. The topological polar surface area (TPSA) is 106 Å². The first-order valence-electron chi connectivity index (χ1n) is 5.34. The number of hydrogen-bond donors (Lipinski definition) is 1. The zero-order valence-electron chi connectivity index (χ0n) is 10.1.